The minimum absolute atomic E-state index is 0. The van der Waals surface area contributed by atoms with Crippen molar-refractivity contribution in [3.05, 3.63) is 11.6 Å². The van der Waals surface area contributed by atoms with Crippen LogP contribution in [0.15, 0.2) is 0 Å². The highest BCUT2D eigenvalue weighted by Gasteiger charge is 2.30. The fourth-order valence-electron chi connectivity index (χ4n) is 3.66. The van der Waals surface area contributed by atoms with Crippen molar-refractivity contribution < 1.29 is 9.53 Å². The predicted octanol–water partition coefficient (Wildman–Crippen LogP) is 1.48. The van der Waals surface area contributed by atoms with Crippen LogP contribution >= 0.6 is 24.8 Å². The van der Waals surface area contributed by atoms with Crippen LogP contribution in [0.25, 0.3) is 0 Å². The molecule has 2 N–H and O–H groups in total. The first kappa shape index (κ1) is 22.2. The Morgan fingerprint density at radius 3 is 2.68 bits per heavy atom. The standard InChI is InChI=1S/C16H27N5O2.2ClH/c1-11-18-12(2)21(19-11)10-14-9-20(6-7-23-14)16(22)8-13-4-3-5-15(13)17;;/h13-15H,3-10,17H2,1-2H3;2*1H/t13-,14?,15+;;/m0../s1. The van der Waals surface area contributed by atoms with Crippen molar-refractivity contribution in [1.82, 2.24) is 19.7 Å². The van der Waals surface area contributed by atoms with Gasteiger partial charge in [-0.3, -0.25) is 4.79 Å². The number of nitrogens with zero attached hydrogens (tertiary/aromatic N) is 4. The van der Waals surface area contributed by atoms with Crippen LogP contribution in [0.2, 0.25) is 0 Å². The Hall–Kier alpha value is -0.890. The van der Waals surface area contributed by atoms with Crippen LogP contribution < -0.4 is 5.73 Å². The minimum Gasteiger partial charge on any atom is -0.373 e. The fourth-order valence-corrected chi connectivity index (χ4v) is 3.66. The summed E-state index contributed by atoms with van der Waals surface area (Å²) in [5, 5.41) is 4.37. The van der Waals surface area contributed by atoms with E-state index in [1.54, 1.807) is 0 Å². The van der Waals surface area contributed by atoms with Gasteiger partial charge in [0.1, 0.15) is 11.6 Å². The second-order valence-corrected chi connectivity index (χ2v) is 6.78. The number of halogens is 2. The van der Waals surface area contributed by atoms with E-state index >= 15 is 0 Å². The number of aromatic nitrogens is 3. The molecule has 2 fully saturated rings. The third-order valence-corrected chi connectivity index (χ3v) is 4.99. The van der Waals surface area contributed by atoms with E-state index in [1.165, 1.54) is 0 Å². The van der Waals surface area contributed by atoms with Gasteiger partial charge in [0.25, 0.3) is 0 Å². The minimum atomic E-state index is -0.0234. The summed E-state index contributed by atoms with van der Waals surface area (Å²) in [6.45, 7) is 6.34. The average molecular weight is 394 g/mol. The van der Waals surface area contributed by atoms with Gasteiger partial charge >= 0.3 is 0 Å². The number of morpholine rings is 1. The number of amides is 1. The summed E-state index contributed by atoms with van der Waals surface area (Å²) in [6, 6.07) is 0.191. The first-order valence-corrected chi connectivity index (χ1v) is 8.56. The fraction of sp³-hybridized carbons (Fsp3) is 0.812. The van der Waals surface area contributed by atoms with E-state index in [0.717, 1.165) is 30.9 Å². The van der Waals surface area contributed by atoms with Gasteiger partial charge in [-0.1, -0.05) is 6.42 Å². The monoisotopic (exact) mass is 393 g/mol. The quantitative estimate of drug-likeness (QED) is 0.836. The number of hydrogen-bond acceptors (Lipinski definition) is 5. The normalized spacial score (nSPS) is 26.0. The van der Waals surface area contributed by atoms with Gasteiger partial charge < -0.3 is 15.4 Å². The maximum Gasteiger partial charge on any atom is 0.223 e. The molecule has 0 bridgehead atoms. The second kappa shape index (κ2) is 9.71. The average Bonchev–Trinajstić information content (AvgIpc) is 3.05. The molecule has 144 valence electrons. The van der Waals surface area contributed by atoms with Crippen LogP contribution in [0.4, 0.5) is 0 Å². The predicted molar refractivity (Wildman–Crippen MR) is 100 cm³/mol. The van der Waals surface area contributed by atoms with Crippen LogP contribution in [0.1, 0.15) is 37.3 Å². The lowest BCUT2D eigenvalue weighted by Crippen LogP contribution is -2.48. The van der Waals surface area contributed by atoms with Gasteiger partial charge in [0.05, 0.1) is 19.3 Å². The smallest absolute Gasteiger partial charge is 0.223 e. The van der Waals surface area contributed by atoms with Crippen LogP contribution in [0.5, 0.6) is 0 Å². The SMILES string of the molecule is Cc1nc(C)n(CC2CN(C(=O)C[C@@H]3CCC[C@H]3N)CCO2)n1.Cl.Cl. The van der Waals surface area contributed by atoms with Gasteiger partial charge in [0, 0.05) is 25.6 Å². The van der Waals surface area contributed by atoms with E-state index in [2.05, 4.69) is 10.1 Å². The number of ether oxygens (including phenoxy) is 1. The van der Waals surface area contributed by atoms with Crippen molar-refractivity contribution in [2.45, 2.75) is 58.2 Å². The van der Waals surface area contributed by atoms with Gasteiger partial charge in [-0.05, 0) is 32.6 Å². The summed E-state index contributed by atoms with van der Waals surface area (Å²) in [6.07, 6.45) is 3.84. The zero-order valence-electron chi connectivity index (χ0n) is 14.9. The molecule has 1 aromatic rings. The zero-order valence-corrected chi connectivity index (χ0v) is 16.5. The Morgan fingerprint density at radius 2 is 2.08 bits per heavy atom. The van der Waals surface area contributed by atoms with E-state index in [-0.39, 0.29) is 42.9 Å². The largest absolute Gasteiger partial charge is 0.373 e. The molecule has 0 radical (unpaired) electrons. The molecule has 1 unspecified atom stereocenters. The number of hydrogen-bond donors (Lipinski definition) is 1. The third-order valence-electron chi connectivity index (χ3n) is 4.99. The van der Waals surface area contributed by atoms with E-state index in [4.69, 9.17) is 10.5 Å². The molecule has 1 saturated carbocycles. The number of carbonyl (C=O) groups is 1. The van der Waals surface area contributed by atoms with E-state index in [0.29, 0.717) is 38.6 Å². The van der Waals surface area contributed by atoms with Gasteiger partial charge in [0.15, 0.2) is 0 Å². The maximum atomic E-state index is 12.5. The molecule has 3 rings (SSSR count). The first-order chi connectivity index (χ1) is 11.0. The molecule has 0 aromatic carbocycles. The highest BCUT2D eigenvalue weighted by Crippen LogP contribution is 2.27. The summed E-state index contributed by atoms with van der Waals surface area (Å²) in [4.78, 5) is 18.8. The van der Waals surface area contributed by atoms with Crippen LogP contribution in [-0.2, 0) is 16.1 Å². The molecule has 25 heavy (non-hydrogen) atoms. The summed E-state index contributed by atoms with van der Waals surface area (Å²) < 4.78 is 7.67. The second-order valence-electron chi connectivity index (χ2n) is 6.78. The molecule has 1 saturated heterocycles. The van der Waals surface area contributed by atoms with Crippen LogP contribution in [0, 0.1) is 19.8 Å². The Kier molecular flexibility index (Phi) is 8.60. The highest BCUT2D eigenvalue weighted by molar-refractivity contribution is 5.85. The molecular weight excluding hydrogens is 365 g/mol. The molecule has 2 heterocycles. The van der Waals surface area contributed by atoms with Gasteiger partial charge in [-0.25, -0.2) is 9.67 Å². The molecular formula is C16H29Cl2N5O2. The van der Waals surface area contributed by atoms with Crippen molar-refractivity contribution in [3.8, 4) is 0 Å². The lowest BCUT2D eigenvalue weighted by Gasteiger charge is -2.34. The van der Waals surface area contributed by atoms with E-state index in [9.17, 15) is 4.79 Å². The number of carbonyl (C=O) groups excluding carboxylic acids is 1. The summed E-state index contributed by atoms with van der Waals surface area (Å²) in [5.74, 6) is 2.21. The van der Waals surface area contributed by atoms with Crippen molar-refractivity contribution in [2.75, 3.05) is 19.7 Å². The molecule has 1 aromatic heterocycles. The lowest BCUT2D eigenvalue weighted by molar-refractivity contribution is -0.140. The Morgan fingerprint density at radius 1 is 1.32 bits per heavy atom. The highest BCUT2D eigenvalue weighted by atomic mass is 35.5. The first-order valence-electron chi connectivity index (χ1n) is 8.56. The van der Waals surface area contributed by atoms with E-state index < -0.39 is 0 Å². The van der Waals surface area contributed by atoms with Crippen molar-refractivity contribution in [2.24, 2.45) is 11.7 Å². The summed E-state index contributed by atoms with van der Waals surface area (Å²) in [7, 11) is 0. The van der Waals surface area contributed by atoms with Crippen molar-refractivity contribution in [1.29, 1.82) is 0 Å². The molecule has 3 atom stereocenters. The van der Waals surface area contributed by atoms with E-state index in [1.807, 2.05) is 23.4 Å². The zero-order chi connectivity index (χ0) is 16.4. The molecule has 9 heteroatoms. The molecule has 1 amide bonds. The van der Waals surface area contributed by atoms with Crippen LogP contribution in [0.3, 0.4) is 0 Å². The van der Waals surface area contributed by atoms with Gasteiger partial charge in [0.2, 0.25) is 5.91 Å². The molecule has 0 spiro atoms. The topological polar surface area (TPSA) is 86.3 Å². The Labute approximate surface area is 161 Å². The number of aryl methyl sites for hydroxylation is 2. The number of nitrogens with two attached hydrogens (primary N) is 1. The number of rotatable bonds is 4. The molecule has 7 nitrogen and oxygen atoms in total. The summed E-state index contributed by atoms with van der Waals surface area (Å²) in [5.41, 5.74) is 6.09. The maximum absolute atomic E-state index is 12.5. The van der Waals surface area contributed by atoms with Crippen LogP contribution in [-0.4, -0.2) is 57.4 Å². The third kappa shape index (κ3) is 5.54. The molecule has 1 aliphatic heterocycles. The van der Waals surface area contributed by atoms with Crippen molar-refractivity contribution in [3.63, 3.8) is 0 Å². The van der Waals surface area contributed by atoms with Gasteiger partial charge in [-0.15, -0.1) is 24.8 Å². The van der Waals surface area contributed by atoms with Gasteiger partial charge in [-0.2, -0.15) is 5.10 Å². The lowest BCUT2D eigenvalue weighted by atomic mass is 9.99. The Bertz CT molecular complexity index is 569. The Balaban J connectivity index is 0.00000156. The molecule has 1 aliphatic carbocycles. The summed E-state index contributed by atoms with van der Waals surface area (Å²) >= 11 is 0. The molecule has 2 aliphatic rings. The van der Waals surface area contributed by atoms with Crippen molar-refractivity contribution >= 4 is 30.7 Å².